The lowest BCUT2D eigenvalue weighted by molar-refractivity contribution is -0.131. The first-order valence-corrected chi connectivity index (χ1v) is 16.0. The van der Waals surface area contributed by atoms with Crippen molar-refractivity contribution in [1.29, 1.82) is 0 Å². The van der Waals surface area contributed by atoms with Gasteiger partial charge >= 0.3 is 0 Å². The number of hydrogen-bond donors (Lipinski definition) is 2. The second-order valence-corrected chi connectivity index (χ2v) is 12.1. The fourth-order valence-corrected chi connectivity index (χ4v) is 5.45. The lowest BCUT2D eigenvalue weighted by atomic mass is 10.0. The van der Waals surface area contributed by atoms with Crippen molar-refractivity contribution in [1.82, 2.24) is 14.8 Å². The number of aromatic nitrogens is 1. The van der Waals surface area contributed by atoms with Gasteiger partial charge < -0.3 is 29.7 Å². The SMILES string of the molecule is C[C@H]1CCCCO[C@H](CN(C)C(=O)Cc2ccccc2)[C@@H](C)CN([C@@H](C)CO)C(=O)c2cc(NC(=O)c3ccncc3)ccc2O1. The highest BCUT2D eigenvalue weighted by Gasteiger charge is 2.31. The van der Waals surface area contributed by atoms with Crippen LogP contribution in [0.15, 0.2) is 73.1 Å². The van der Waals surface area contributed by atoms with Crippen molar-refractivity contribution in [2.45, 2.75) is 64.7 Å². The Bertz CT molecular complexity index is 1440. The number of benzene rings is 2. The zero-order valence-corrected chi connectivity index (χ0v) is 27.2. The fourth-order valence-electron chi connectivity index (χ4n) is 5.45. The number of rotatable bonds is 8. The Hall–Kier alpha value is -4.28. The van der Waals surface area contributed by atoms with Crippen molar-refractivity contribution >= 4 is 23.4 Å². The van der Waals surface area contributed by atoms with E-state index in [1.54, 1.807) is 66.5 Å². The van der Waals surface area contributed by atoms with Gasteiger partial charge in [-0.3, -0.25) is 19.4 Å². The van der Waals surface area contributed by atoms with Gasteiger partial charge in [-0.2, -0.15) is 0 Å². The summed E-state index contributed by atoms with van der Waals surface area (Å²) in [6.45, 7) is 6.66. The number of aliphatic hydroxyl groups is 1. The number of pyridine rings is 1. The molecule has 10 nitrogen and oxygen atoms in total. The van der Waals surface area contributed by atoms with Gasteiger partial charge in [0.25, 0.3) is 11.8 Å². The highest BCUT2D eigenvalue weighted by Crippen LogP contribution is 2.29. The number of hydrogen-bond acceptors (Lipinski definition) is 7. The zero-order valence-electron chi connectivity index (χ0n) is 27.2. The van der Waals surface area contributed by atoms with E-state index in [4.69, 9.17) is 9.47 Å². The van der Waals surface area contributed by atoms with Crippen LogP contribution in [0.3, 0.4) is 0 Å². The molecule has 10 heteroatoms. The third kappa shape index (κ3) is 9.61. The molecule has 1 aromatic heterocycles. The molecule has 2 N–H and O–H groups in total. The molecule has 0 radical (unpaired) electrons. The van der Waals surface area contributed by atoms with Crippen LogP contribution in [0.25, 0.3) is 0 Å². The summed E-state index contributed by atoms with van der Waals surface area (Å²) in [4.78, 5) is 47.6. The van der Waals surface area contributed by atoms with Crippen LogP contribution in [0.2, 0.25) is 0 Å². The molecule has 46 heavy (non-hydrogen) atoms. The van der Waals surface area contributed by atoms with Crippen molar-refractivity contribution in [2.24, 2.45) is 5.92 Å². The van der Waals surface area contributed by atoms with Crippen LogP contribution in [-0.2, 0) is 16.0 Å². The molecule has 0 aliphatic carbocycles. The van der Waals surface area contributed by atoms with E-state index in [0.29, 0.717) is 36.6 Å². The predicted molar refractivity (Wildman–Crippen MR) is 177 cm³/mol. The Morgan fingerprint density at radius 3 is 2.54 bits per heavy atom. The van der Waals surface area contributed by atoms with E-state index in [9.17, 15) is 19.5 Å². The number of fused-ring (bicyclic) bond motifs is 1. The summed E-state index contributed by atoms with van der Waals surface area (Å²) in [6.07, 6.45) is 5.30. The first kappa shape index (κ1) is 34.6. The monoisotopic (exact) mass is 630 g/mol. The van der Waals surface area contributed by atoms with Crippen LogP contribution in [0.5, 0.6) is 5.75 Å². The number of carbonyl (C=O) groups is 3. The van der Waals surface area contributed by atoms with Crippen molar-refractivity contribution < 1.29 is 29.0 Å². The molecule has 0 spiro atoms. The summed E-state index contributed by atoms with van der Waals surface area (Å²) in [7, 11) is 1.78. The van der Waals surface area contributed by atoms with E-state index in [1.165, 1.54) is 0 Å². The quantitative estimate of drug-likeness (QED) is 0.366. The maximum atomic E-state index is 14.3. The summed E-state index contributed by atoms with van der Waals surface area (Å²) in [6, 6.07) is 17.4. The van der Waals surface area contributed by atoms with Crippen LogP contribution in [0, 0.1) is 5.92 Å². The number of carbonyl (C=O) groups excluding carboxylic acids is 3. The Morgan fingerprint density at radius 2 is 1.83 bits per heavy atom. The van der Waals surface area contributed by atoms with Crippen LogP contribution >= 0.6 is 0 Å². The van der Waals surface area contributed by atoms with E-state index in [1.807, 2.05) is 44.2 Å². The number of ether oxygens (including phenoxy) is 2. The molecule has 4 rings (SSSR count). The van der Waals surface area contributed by atoms with Gasteiger partial charge in [0.05, 0.1) is 36.8 Å². The fraction of sp³-hybridized carbons (Fsp3) is 0.444. The van der Waals surface area contributed by atoms with Crippen molar-refractivity contribution in [3.63, 3.8) is 0 Å². The van der Waals surface area contributed by atoms with Crippen LogP contribution in [0.4, 0.5) is 5.69 Å². The average Bonchev–Trinajstić information content (AvgIpc) is 3.06. The average molecular weight is 631 g/mol. The topological polar surface area (TPSA) is 121 Å². The molecule has 0 saturated heterocycles. The summed E-state index contributed by atoms with van der Waals surface area (Å²) in [5.41, 5.74) is 2.11. The number of amides is 3. The molecule has 1 aliphatic heterocycles. The van der Waals surface area contributed by atoms with Crippen LogP contribution in [0.1, 0.15) is 66.3 Å². The molecular formula is C36H46N4O6. The maximum Gasteiger partial charge on any atom is 0.258 e. The smallest absolute Gasteiger partial charge is 0.258 e. The van der Waals surface area contributed by atoms with Crippen LogP contribution in [-0.4, -0.2) is 89.2 Å². The molecule has 0 unspecified atom stereocenters. The maximum absolute atomic E-state index is 14.3. The minimum atomic E-state index is -0.513. The summed E-state index contributed by atoms with van der Waals surface area (Å²) >= 11 is 0. The third-order valence-electron chi connectivity index (χ3n) is 8.33. The second kappa shape index (κ2) is 16.9. The minimum absolute atomic E-state index is 0.0145. The standard InChI is InChI=1S/C36H46N4O6/c1-25-22-40(26(2)24-41)36(44)31-21-30(38-35(43)29-15-17-37-18-16-29)13-14-32(31)46-27(3)10-8-9-19-45-33(25)23-39(4)34(42)20-28-11-6-5-7-12-28/h5-7,11-18,21,25-27,33,41H,8-10,19-20,22-24H2,1-4H3,(H,38,43)/t25-,26-,27-,33+/m0/s1. The van der Waals surface area contributed by atoms with Crippen LogP contribution < -0.4 is 10.1 Å². The molecule has 2 aromatic carbocycles. The molecule has 2 heterocycles. The van der Waals surface area contributed by atoms with Gasteiger partial charge in [-0.25, -0.2) is 0 Å². The second-order valence-electron chi connectivity index (χ2n) is 12.1. The van der Waals surface area contributed by atoms with E-state index in [0.717, 1.165) is 24.8 Å². The van der Waals surface area contributed by atoms with Gasteiger partial charge in [0, 0.05) is 56.3 Å². The molecule has 246 valence electrons. The summed E-state index contributed by atoms with van der Waals surface area (Å²) in [5, 5.41) is 13.1. The number of anilines is 1. The molecule has 1 aliphatic rings. The zero-order chi connectivity index (χ0) is 33.1. The first-order chi connectivity index (χ1) is 22.2. The van der Waals surface area contributed by atoms with E-state index >= 15 is 0 Å². The molecule has 0 saturated carbocycles. The van der Waals surface area contributed by atoms with Gasteiger partial charge in [-0.1, -0.05) is 37.3 Å². The molecular weight excluding hydrogens is 584 g/mol. The Balaban J connectivity index is 1.60. The van der Waals surface area contributed by atoms with Crippen molar-refractivity contribution in [3.05, 3.63) is 89.7 Å². The molecule has 0 fully saturated rings. The molecule has 3 aromatic rings. The molecule has 0 bridgehead atoms. The molecule has 3 amide bonds. The Kier molecular flexibility index (Phi) is 12.7. The van der Waals surface area contributed by atoms with E-state index in [-0.39, 0.29) is 54.6 Å². The number of aliphatic hydroxyl groups excluding tert-OH is 1. The van der Waals surface area contributed by atoms with Gasteiger partial charge in [-0.15, -0.1) is 0 Å². The predicted octanol–water partition coefficient (Wildman–Crippen LogP) is 4.83. The Morgan fingerprint density at radius 1 is 1.09 bits per heavy atom. The van der Waals surface area contributed by atoms with Gasteiger partial charge in [-0.05, 0) is 69.0 Å². The lowest BCUT2D eigenvalue weighted by Gasteiger charge is -2.36. The number of nitrogens with zero attached hydrogens (tertiary/aromatic N) is 3. The normalized spacial score (nSPS) is 20.1. The first-order valence-electron chi connectivity index (χ1n) is 16.0. The lowest BCUT2D eigenvalue weighted by Crippen LogP contribution is -2.48. The van der Waals surface area contributed by atoms with Crippen molar-refractivity contribution in [3.8, 4) is 5.75 Å². The summed E-state index contributed by atoms with van der Waals surface area (Å²) in [5.74, 6) is -0.437. The minimum Gasteiger partial charge on any atom is -0.490 e. The Labute approximate surface area is 271 Å². The van der Waals surface area contributed by atoms with E-state index < -0.39 is 6.04 Å². The number of nitrogens with one attached hydrogen (secondary N) is 1. The van der Waals surface area contributed by atoms with E-state index in [2.05, 4.69) is 10.3 Å². The highest BCUT2D eigenvalue weighted by atomic mass is 16.5. The largest absolute Gasteiger partial charge is 0.490 e. The molecule has 4 atom stereocenters. The summed E-state index contributed by atoms with van der Waals surface area (Å²) < 4.78 is 12.7. The van der Waals surface area contributed by atoms with Gasteiger partial charge in [0.15, 0.2) is 0 Å². The highest BCUT2D eigenvalue weighted by molar-refractivity contribution is 6.05. The van der Waals surface area contributed by atoms with Gasteiger partial charge in [0.1, 0.15) is 5.75 Å². The van der Waals surface area contributed by atoms with Gasteiger partial charge in [0.2, 0.25) is 5.91 Å². The number of likely N-dealkylation sites (N-methyl/N-ethyl adjacent to an activating group) is 1. The van der Waals surface area contributed by atoms with Crippen molar-refractivity contribution in [2.75, 3.05) is 38.7 Å². The third-order valence-corrected chi connectivity index (χ3v) is 8.33.